The van der Waals surface area contributed by atoms with Crippen LogP contribution in [0.1, 0.15) is 12.5 Å². The molecule has 4 N–H and O–H groups in total. The van der Waals surface area contributed by atoms with E-state index >= 15 is 0 Å². The van der Waals surface area contributed by atoms with Gasteiger partial charge in [0.15, 0.2) is 5.17 Å². The fourth-order valence-corrected chi connectivity index (χ4v) is 3.02. The molecule has 0 fully saturated rings. The molecule has 0 aliphatic heterocycles. The summed E-state index contributed by atoms with van der Waals surface area (Å²) in [6, 6.07) is 11.5. The Balaban J connectivity index is 2.01. The van der Waals surface area contributed by atoms with E-state index in [0.717, 1.165) is 39.5 Å². The lowest BCUT2D eigenvalue weighted by molar-refractivity contribution is 0.327. The predicted octanol–water partition coefficient (Wildman–Crippen LogP) is 3.63. The van der Waals surface area contributed by atoms with Crippen LogP contribution >= 0.6 is 11.8 Å². The Kier molecular flexibility index (Phi) is 5.04. The molecule has 7 heteroatoms. The van der Waals surface area contributed by atoms with Crippen LogP contribution in [0, 0.1) is 5.41 Å². The van der Waals surface area contributed by atoms with E-state index in [4.69, 9.17) is 15.9 Å². The number of aliphatic imine (C=N–C) groups is 1. The fourth-order valence-electron chi connectivity index (χ4n) is 2.48. The quantitative estimate of drug-likeness (QED) is 0.492. The van der Waals surface area contributed by atoms with Gasteiger partial charge in [0.25, 0.3) is 0 Å². The third kappa shape index (κ3) is 3.66. The van der Waals surface area contributed by atoms with Crippen molar-refractivity contribution in [3.05, 3.63) is 48.2 Å². The SMILES string of the molecule is CCOc1cccc(-c2c[nH]c3ccc(C(=N)SC(N)=NC)cc23)n1. The van der Waals surface area contributed by atoms with Gasteiger partial charge in [-0.3, -0.25) is 10.4 Å². The molecule has 128 valence electrons. The third-order valence-corrected chi connectivity index (χ3v) is 4.49. The average molecular weight is 353 g/mol. The maximum absolute atomic E-state index is 8.21. The number of H-pyrrole nitrogens is 1. The van der Waals surface area contributed by atoms with Crippen molar-refractivity contribution >= 4 is 32.9 Å². The molecule has 3 aromatic rings. The average Bonchev–Trinajstić information content (AvgIpc) is 3.05. The predicted molar refractivity (Wildman–Crippen MR) is 105 cm³/mol. The summed E-state index contributed by atoms with van der Waals surface area (Å²) in [5.74, 6) is 0.598. The summed E-state index contributed by atoms with van der Waals surface area (Å²) in [6.45, 7) is 2.50. The Morgan fingerprint density at radius 3 is 2.96 bits per heavy atom. The van der Waals surface area contributed by atoms with Crippen molar-refractivity contribution in [3.8, 4) is 17.1 Å². The van der Waals surface area contributed by atoms with Crippen molar-refractivity contribution in [2.75, 3.05) is 13.7 Å². The van der Waals surface area contributed by atoms with Gasteiger partial charge < -0.3 is 15.5 Å². The standard InChI is InChI=1S/C18H19N5OS/c1-3-24-16-6-4-5-15(23-16)13-10-22-14-8-7-11(9-12(13)14)17(19)25-18(20)21-2/h4-10,19,22H,3H2,1-2H3,(H2,20,21). The molecule has 2 aromatic heterocycles. The maximum Gasteiger partial charge on any atom is 0.213 e. The molecular formula is C18H19N5OS. The first-order valence-corrected chi connectivity index (χ1v) is 8.64. The summed E-state index contributed by atoms with van der Waals surface area (Å²) in [5.41, 5.74) is 9.27. The molecule has 6 nitrogen and oxygen atoms in total. The molecule has 0 saturated carbocycles. The first kappa shape index (κ1) is 17.0. The summed E-state index contributed by atoms with van der Waals surface area (Å²) in [7, 11) is 1.61. The van der Waals surface area contributed by atoms with Crippen LogP contribution in [0.2, 0.25) is 0 Å². The van der Waals surface area contributed by atoms with E-state index < -0.39 is 0 Å². The number of nitrogens with zero attached hydrogens (tertiary/aromatic N) is 2. The van der Waals surface area contributed by atoms with E-state index in [-0.39, 0.29) is 0 Å². The molecular weight excluding hydrogens is 334 g/mol. The number of fused-ring (bicyclic) bond motifs is 1. The number of hydrogen-bond acceptors (Lipinski definition) is 5. The van der Waals surface area contributed by atoms with E-state index in [9.17, 15) is 0 Å². The number of amidine groups is 1. The van der Waals surface area contributed by atoms with Gasteiger partial charge in [0.2, 0.25) is 5.88 Å². The zero-order valence-corrected chi connectivity index (χ0v) is 14.9. The molecule has 0 saturated heterocycles. The number of thioether (sulfide) groups is 1. The largest absolute Gasteiger partial charge is 0.478 e. The molecule has 0 atom stereocenters. The van der Waals surface area contributed by atoms with Gasteiger partial charge in [0, 0.05) is 41.3 Å². The second-order valence-electron chi connectivity index (χ2n) is 5.25. The second kappa shape index (κ2) is 7.40. The van der Waals surface area contributed by atoms with Crippen molar-refractivity contribution in [3.63, 3.8) is 0 Å². The van der Waals surface area contributed by atoms with Crippen LogP contribution in [0.3, 0.4) is 0 Å². The van der Waals surface area contributed by atoms with Crippen LogP contribution in [0.25, 0.3) is 22.2 Å². The van der Waals surface area contributed by atoms with E-state index in [1.165, 1.54) is 0 Å². The van der Waals surface area contributed by atoms with Crippen LogP contribution in [-0.4, -0.2) is 33.8 Å². The zero-order valence-electron chi connectivity index (χ0n) is 14.0. The summed E-state index contributed by atoms with van der Waals surface area (Å²) in [5, 5.41) is 9.93. The lowest BCUT2D eigenvalue weighted by Gasteiger charge is -2.06. The van der Waals surface area contributed by atoms with Crippen molar-refractivity contribution in [1.82, 2.24) is 9.97 Å². The fraction of sp³-hybridized carbons (Fsp3) is 0.167. The van der Waals surface area contributed by atoms with Crippen molar-refractivity contribution in [2.45, 2.75) is 6.92 Å². The topological polar surface area (TPSA) is 100 Å². The van der Waals surface area contributed by atoms with Gasteiger partial charge in [-0.25, -0.2) is 4.98 Å². The normalized spacial score (nSPS) is 11.7. The van der Waals surface area contributed by atoms with Crippen LogP contribution in [0.15, 0.2) is 47.6 Å². The first-order valence-electron chi connectivity index (χ1n) is 7.82. The van der Waals surface area contributed by atoms with Gasteiger partial charge in [0.1, 0.15) is 5.04 Å². The minimum absolute atomic E-state index is 0.355. The Labute approximate surface area is 150 Å². The molecule has 0 bridgehead atoms. The summed E-state index contributed by atoms with van der Waals surface area (Å²) < 4.78 is 5.49. The minimum Gasteiger partial charge on any atom is -0.478 e. The number of nitrogens with two attached hydrogens (primary N) is 1. The highest BCUT2D eigenvalue weighted by Crippen LogP contribution is 2.30. The lowest BCUT2D eigenvalue weighted by atomic mass is 10.1. The number of hydrogen-bond donors (Lipinski definition) is 3. The molecule has 1 aromatic carbocycles. The van der Waals surface area contributed by atoms with Crippen LogP contribution in [0.4, 0.5) is 0 Å². The van der Waals surface area contributed by atoms with Gasteiger partial charge in [-0.05, 0) is 36.9 Å². The molecule has 0 aliphatic rings. The highest BCUT2D eigenvalue weighted by molar-refractivity contribution is 8.26. The number of nitrogens with one attached hydrogen (secondary N) is 2. The van der Waals surface area contributed by atoms with E-state index in [1.807, 2.05) is 49.5 Å². The number of rotatable bonds is 4. The van der Waals surface area contributed by atoms with Crippen molar-refractivity contribution < 1.29 is 4.74 Å². The highest BCUT2D eigenvalue weighted by Gasteiger charge is 2.12. The molecule has 2 heterocycles. The Morgan fingerprint density at radius 2 is 2.20 bits per heavy atom. The van der Waals surface area contributed by atoms with Crippen molar-refractivity contribution in [2.24, 2.45) is 10.7 Å². The Morgan fingerprint density at radius 1 is 1.36 bits per heavy atom. The molecule has 0 amide bonds. The van der Waals surface area contributed by atoms with Crippen LogP contribution in [-0.2, 0) is 0 Å². The van der Waals surface area contributed by atoms with Gasteiger partial charge in [0.05, 0.1) is 12.3 Å². The van der Waals surface area contributed by atoms with E-state index in [1.54, 1.807) is 7.05 Å². The highest BCUT2D eigenvalue weighted by atomic mass is 32.2. The monoisotopic (exact) mass is 353 g/mol. The summed E-state index contributed by atoms with van der Waals surface area (Å²) >= 11 is 1.14. The second-order valence-corrected chi connectivity index (χ2v) is 6.28. The van der Waals surface area contributed by atoms with E-state index in [0.29, 0.717) is 22.7 Å². The molecule has 25 heavy (non-hydrogen) atoms. The molecule has 0 unspecified atom stereocenters. The van der Waals surface area contributed by atoms with Crippen molar-refractivity contribution in [1.29, 1.82) is 5.41 Å². The van der Waals surface area contributed by atoms with Gasteiger partial charge in [-0.2, -0.15) is 0 Å². The number of ether oxygens (including phenoxy) is 1. The summed E-state index contributed by atoms with van der Waals surface area (Å²) in [4.78, 5) is 11.7. The third-order valence-electron chi connectivity index (χ3n) is 3.66. The molecule has 3 rings (SSSR count). The summed E-state index contributed by atoms with van der Waals surface area (Å²) in [6.07, 6.45) is 1.92. The Hall–Kier alpha value is -2.80. The smallest absolute Gasteiger partial charge is 0.213 e. The first-order chi connectivity index (χ1) is 12.1. The van der Waals surface area contributed by atoms with Crippen LogP contribution < -0.4 is 10.5 Å². The number of pyridine rings is 1. The zero-order chi connectivity index (χ0) is 17.8. The van der Waals surface area contributed by atoms with Gasteiger partial charge in [-0.15, -0.1) is 0 Å². The maximum atomic E-state index is 8.21. The van der Waals surface area contributed by atoms with E-state index in [2.05, 4.69) is 15.0 Å². The number of aromatic nitrogens is 2. The Bertz CT molecular complexity index is 948. The number of benzene rings is 1. The molecule has 0 spiro atoms. The lowest BCUT2D eigenvalue weighted by Crippen LogP contribution is -2.10. The minimum atomic E-state index is 0.355. The van der Waals surface area contributed by atoms with Gasteiger partial charge >= 0.3 is 0 Å². The molecule has 0 aliphatic carbocycles. The van der Waals surface area contributed by atoms with Gasteiger partial charge in [-0.1, -0.05) is 12.1 Å². The number of aromatic amines is 1. The molecule has 0 radical (unpaired) electrons. The van der Waals surface area contributed by atoms with Crippen LogP contribution in [0.5, 0.6) is 5.88 Å².